The lowest BCUT2D eigenvalue weighted by molar-refractivity contribution is 0.0661. The number of hydrogen-bond donors (Lipinski definition) is 1. The van der Waals surface area contributed by atoms with Crippen LogP contribution >= 0.6 is 22.6 Å². The molecule has 0 atom stereocenters. The van der Waals surface area contributed by atoms with Gasteiger partial charge in [0.15, 0.2) is 0 Å². The van der Waals surface area contributed by atoms with Crippen LogP contribution in [0.3, 0.4) is 0 Å². The zero-order valence-corrected chi connectivity index (χ0v) is 11.5. The van der Waals surface area contributed by atoms with Crippen molar-refractivity contribution in [3.05, 3.63) is 49.6 Å². The van der Waals surface area contributed by atoms with Crippen LogP contribution in [0.25, 0.3) is 0 Å². The molecule has 94 valence electrons. The van der Waals surface area contributed by atoms with Gasteiger partial charge in [-0.25, -0.2) is 9.78 Å². The summed E-state index contributed by atoms with van der Waals surface area (Å²) in [6, 6.07) is 1.42. The van der Waals surface area contributed by atoms with E-state index in [1.54, 1.807) is 6.92 Å². The Balaban J connectivity index is 2.37. The number of carboxylic acid groups (broad SMARTS) is 1. The molecule has 2 aromatic heterocycles. The molecule has 2 heterocycles. The second-order valence-corrected chi connectivity index (χ2v) is 4.83. The summed E-state index contributed by atoms with van der Waals surface area (Å²) in [4.78, 5) is 26.5. The van der Waals surface area contributed by atoms with E-state index in [0.717, 1.165) is 0 Å². The standard InChI is InChI=1S/C11H9IN2O4/c1-6-7(2-9(18-6)11(16)17)4-14-5-13-3-8(12)10(14)15/h2-3,5H,4H2,1H3,(H,16,17). The average molecular weight is 360 g/mol. The summed E-state index contributed by atoms with van der Waals surface area (Å²) < 4.78 is 7.00. The zero-order chi connectivity index (χ0) is 13.3. The lowest BCUT2D eigenvalue weighted by Crippen LogP contribution is -2.23. The summed E-state index contributed by atoms with van der Waals surface area (Å²) >= 11 is 1.90. The maximum Gasteiger partial charge on any atom is 0.371 e. The van der Waals surface area contributed by atoms with Gasteiger partial charge in [-0.2, -0.15) is 0 Å². The second-order valence-electron chi connectivity index (χ2n) is 3.67. The van der Waals surface area contributed by atoms with Crippen LogP contribution in [-0.4, -0.2) is 20.6 Å². The number of aromatic carboxylic acids is 1. The van der Waals surface area contributed by atoms with Crippen LogP contribution in [0.15, 0.2) is 27.8 Å². The number of nitrogens with zero attached hydrogens (tertiary/aromatic N) is 2. The molecule has 0 aliphatic heterocycles. The van der Waals surface area contributed by atoms with Crippen molar-refractivity contribution >= 4 is 28.6 Å². The summed E-state index contributed by atoms with van der Waals surface area (Å²) in [5.74, 6) is -0.773. The minimum absolute atomic E-state index is 0.130. The van der Waals surface area contributed by atoms with Gasteiger partial charge in [-0.15, -0.1) is 0 Å². The van der Waals surface area contributed by atoms with E-state index in [1.165, 1.54) is 23.2 Å². The Bertz CT molecular complexity index is 659. The van der Waals surface area contributed by atoms with Crippen LogP contribution < -0.4 is 5.56 Å². The van der Waals surface area contributed by atoms with Gasteiger partial charge in [-0.3, -0.25) is 9.36 Å². The third kappa shape index (κ3) is 2.45. The molecule has 0 aromatic carbocycles. The Kier molecular flexibility index (Phi) is 3.50. The van der Waals surface area contributed by atoms with Gasteiger partial charge in [-0.1, -0.05) is 0 Å². The predicted octanol–water partition coefficient (Wildman–Crippen LogP) is 1.50. The van der Waals surface area contributed by atoms with Crippen LogP contribution in [0.4, 0.5) is 0 Å². The number of carboxylic acids is 1. The number of halogens is 1. The van der Waals surface area contributed by atoms with E-state index in [4.69, 9.17) is 9.52 Å². The van der Waals surface area contributed by atoms with Gasteiger partial charge < -0.3 is 9.52 Å². The molecule has 2 rings (SSSR count). The molecule has 7 heteroatoms. The minimum Gasteiger partial charge on any atom is -0.475 e. The predicted molar refractivity (Wildman–Crippen MR) is 70.7 cm³/mol. The third-order valence-electron chi connectivity index (χ3n) is 2.43. The van der Waals surface area contributed by atoms with Crippen molar-refractivity contribution < 1.29 is 14.3 Å². The van der Waals surface area contributed by atoms with Crippen molar-refractivity contribution in [3.63, 3.8) is 0 Å². The van der Waals surface area contributed by atoms with Crippen LogP contribution in [0.1, 0.15) is 21.9 Å². The normalized spacial score (nSPS) is 10.6. The molecule has 0 aliphatic carbocycles. The Hall–Kier alpha value is -1.64. The molecule has 0 saturated heterocycles. The van der Waals surface area contributed by atoms with Crippen molar-refractivity contribution in [2.75, 3.05) is 0 Å². The van der Waals surface area contributed by atoms with E-state index < -0.39 is 5.97 Å². The maximum absolute atomic E-state index is 11.8. The zero-order valence-electron chi connectivity index (χ0n) is 9.38. The molecule has 0 bridgehead atoms. The molecule has 0 fully saturated rings. The number of aromatic nitrogens is 2. The van der Waals surface area contributed by atoms with Gasteiger partial charge in [0.2, 0.25) is 5.76 Å². The van der Waals surface area contributed by atoms with E-state index in [-0.39, 0.29) is 17.9 Å². The lowest BCUT2D eigenvalue weighted by atomic mass is 10.2. The molecular weight excluding hydrogens is 351 g/mol. The van der Waals surface area contributed by atoms with Crippen molar-refractivity contribution in [1.82, 2.24) is 9.55 Å². The molecule has 1 N–H and O–H groups in total. The van der Waals surface area contributed by atoms with Crippen molar-refractivity contribution in [3.8, 4) is 0 Å². The molecule has 0 unspecified atom stereocenters. The van der Waals surface area contributed by atoms with Gasteiger partial charge in [0, 0.05) is 11.8 Å². The Labute approximate surface area is 115 Å². The molecule has 0 spiro atoms. The maximum atomic E-state index is 11.8. The average Bonchev–Trinajstić information content (AvgIpc) is 2.67. The fraction of sp³-hybridized carbons (Fsp3) is 0.182. The van der Waals surface area contributed by atoms with Crippen molar-refractivity contribution in [2.45, 2.75) is 13.5 Å². The van der Waals surface area contributed by atoms with Gasteiger partial charge in [0.25, 0.3) is 5.56 Å². The van der Waals surface area contributed by atoms with E-state index in [0.29, 0.717) is 14.9 Å². The van der Waals surface area contributed by atoms with Gasteiger partial charge in [0.1, 0.15) is 5.76 Å². The Morgan fingerprint density at radius 1 is 1.61 bits per heavy atom. The highest BCUT2D eigenvalue weighted by atomic mass is 127. The van der Waals surface area contributed by atoms with Gasteiger partial charge in [-0.05, 0) is 35.6 Å². The van der Waals surface area contributed by atoms with E-state index in [9.17, 15) is 9.59 Å². The highest BCUT2D eigenvalue weighted by molar-refractivity contribution is 14.1. The Morgan fingerprint density at radius 2 is 2.33 bits per heavy atom. The monoisotopic (exact) mass is 360 g/mol. The van der Waals surface area contributed by atoms with Crippen LogP contribution in [0.5, 0.6) is 0 Å². The van der Waals surface area contributed by atoms with Gasteiger partial charge in [0.05, 0.1) is 16.4 Å². The van der Waals surface area contributed by atoms with Gasteiger partial charge >= 0.3 is 5.97 Å². The topological polar surface area (TPSA) is 85.3 Å². The van der Waals surface area contributed by atoms with E-state index in [1.807, 2.05) is 22.6 Å². The van der Waals surface area contributed by atoms with Crippen LogP contribution in [0.2, 0.25) is 0 Å². The van der Waals surface area contributed by atoms with Crippen LogP contribution in [-0.2, 0) is 6.54 Å². The highest BCUT2D eigenvalue weighted by Crippen LogP contribution is 2.15. The fourth-order valence-electron chi connectivity index (χ4n) is 1.50. The summed E-state index contributed by atoms with van der Waals surface area (Å²) in [7, 11) is 0. The molecule has 0 saturated carbocycles. The summed E-state index contributed by atoms with van der Waals surface area (Å²) in [6.45, 7) is 1.90. The minimum atomic E-state index is -1.13. The fourth-order valence-corrected chi connectivity index (χ4v) is 1.97. The number of rotatable bonds is 3. The number of carbonyl (C=O) groups is 1. The van der Waals surface area contributed by atoms with Crippen molar-refractivity contribution in [1.29, 1.82) is 0 Å². The van der Waals surface area contributed by atoms with Crippen LogP contribution in [0, 0.1) is 10.5 Å². The first-order valence-electron chi connectivity index (χ1n) is 5.01. The molecule has 0 aliphatic rings. The number of hydrogen-bond acceptors (Lipinski definition) is 4. The smallest absolute Gasteiger partial charge is 0.371 e. The summed E-state index contributed by atoms with van der Waals surface area (Å²) in [5, 5.41) is 8.81. The second kappa shape index (κ2) is 4.92. The number of furan rings is 1. The molecule has 0 radical (unpaired) electrons. The first-order valence-corrected chi connectivity index (χ1v) is 6.09. The molecule has 2 aromatic rings. The number of aryl methyl sites for hydroxylation is 1. The lowest BCUT2D eigenvalue weighted by Gasteiger charge is -2.03. The molecule has 18 heavy (non-hydrogen) atoms. The summed E-state index contributed by atoms with van der Waals surface area (Å²) in [5.41, 5.74) is 0.487. The summed E-state index contributed by atoms with van der Waals surface area (Å²) in [6.07, 6.45) is 2.89. The molecule has 0 amide bonds. The SMILES string of the molecule is Cc1oc(C(=O)O)cc1Cn1cncc(I)c1=O. The highest BCUT2D eigenvalue weighted by Gasteiger charge is 2.14. The van der Waals surface area contributed by atoms with E-state index >= 15 is 0 Å². The Morgan fingerprint density at radius 3 is 2.94 bits per heavy atom. The largest absolute Gasteiger partial charge is 0.475 e. The third-order valence-corrected chi connectivity index (χ3v) is 3.17. The first-order chi connectivity index (χ1) is 8.49. The molecular formula is C11H9IN2O4. The molecule has 6 nitrogen and oxygen atoms in total. The van der Waals surface area contributed by atoms with E-state index in [2.05, 4.69) is 4.98 Å². The van der Waals surface area contributed by atoms with Crippen molar-refractivity contribution in [2.24, 2.45) is 0 Å². The quantitative estimate of drug-likeness (QED) is 0.839. The first kappa shape index (κ1) is 12.8.